The summed E-state index contributed by atoms with van der Waals surface area (Å²) in [6.45, 7) is 6.26. The fraction of sp³-hybridized carbons (Fsp3) is 0.240. The number of rotatable bonds is 5. The maximum Gasteiger partial charge on any atom is 0.263 e. The minimum atomic E-state index is -0.416. The molecule has 10 heteroatoms. The summed E-state index contributed by atoms with van der Waals surface area (Å²) in [5.41, 5.74) is 4.45. The normalized spacial score (nSPS) is 15.6. The van der Waals surface area contributed by atoms with Gasteiger partial charge < -0.3 is 9.42 Å². The predicted octanol–water partition coefficient (Wildman–Crippen LogP) is 5.54. The molecule has 0 spiro atoms. The molecule has 1 aliphatic heterocycles. The van der Waals surface area contributed by atoms with Crippen LogP contribution < -0.4 is 10.2 Å². The standard InChI is InChI=1S/C25H22ClN5O3S/c1-13-8-9-17(10-14(13)2)31-12-16(11-20(31)32)24-28-29-25(35-24)27-23(33)21-15(3)34-30-22(21)18-6-4-5-7-19(18)26/h4-10,16H,11-12H2,1-3H3,(H,27,29,33). The summed E-state index contributed by atoms with van der Waals surface area (Å²) in [7, 11) is 0. The highest BCUT2D eigenvalue weighted by molar-refractivity contribution is 7.15. The second-order valence-corrected chi connectivity index (χ2v) is 9.93. The molecule has 2 amide bonds. The van der Waals surface area contributed by atoms with Crippen LogP contribution in [0.25, 0.3) is 11.3 Å². The van der Waals surface area contributed by atoms with Crippen molar-refractivity contribution in [2.45, 2.75) is 33.1 Å². The molecule has 8 nitrogen and oxygen atoms in total. The number of amides is 2. The van der Waals surface area contributed by atoms with Crippen molar-refractivity contribution < 1.29 is 14.1 Å². The molecule has 1 saturated heterocycles. The lowest BCUT2D eigenvalue weighted by Crippen LogP contribution is -2.24. The second kappa shape index (κ2) is 9.24. The van der Waals surface area contributed by atoms with Gasteiger partial charge in [0, 0.05) is 30.1 Å². The first-order valence-electron chi connectivity index (χ1n) is 11.1. The van der Waals surface area contributed by atoms with Gasteiger partial charge in [0.05, 0.1) is 5.02 Å². The Morgan fingerprint density at radius 2 is 1.94 bits per heavy atom. The summed E-state index contributed by atoms with van der Waals surface area (Å²) in [5.74, 6) is -0.0972. The lowest BCUT2D eigenvalue weighted by Gasteiger charge is -2.17. The zero-order valence-corrected chi connectivity index (χ0v) is 20.9. The lowest BCUT2D eigenvalue weighted by molar-refractivity contribution is -0.117. The monoisotopic (exact) mass is 507 g/mol. The first-order valence-corrected chi connectivity index (χ1v) is 12.2. The van der Waals surface area contributed by atoms with E-state index in [9.17, 15) is 9.59 Å². The molecule has 0 saturated carbocycles. The molecule has 2 aromatic carbocycles. The highest BCUT2D eigenvalue weighted by Gasteiger charge is 2.34. The number of carbonyl (C=O) groups is 2. The highest BCUT2D eigenvalue weighted by Crippen LogP contribution is 2.36. The average molecular weight is 508 g/mol. The van der Waals surface area contributed by atoms with E-state index in [0.717, 1.165) is 11.3 Å². The van der Waals surface area contributed by atoms with Gasteiger partial charge in [0.25, 0.3) is 5.91 Å². The Labute approximate surface area is 210 Å². The van der Waals surface area contributed by atoms with Crippen molar-refractivity contribution in [3.8, 4) is 11.3 Å². The van der Waals surface area contributed by atoms with Gasteiger partial charge in [-0.2, -0.15) is 0 Å². The first-order chi connectivity index (χ1) is 16.8. The van der Waals surface area contributed by atoms with Crippen molar-refractivity contribution in [1.82, 2.24) is 15.4 Å². The Balaban J connectivity index is 1.33. The van der Waals surface area contributed by atoms with Gasteiger partial charge in [-0.15, -0.1) is 10.2 Å². The molecule has 3 heterocycles. The smallest absolute Gasteiger partial charge is 0.263 e. The van der Waals surface area contributed by atoms with Crippen molar-refractivity contribution in [3.05, 3.63) is 74.9 Å². The fourth-order valence-electron chi connectivity index (χ4n) is 4.10. The number of carbonyl (C=O) groups excluding carboxylic acids is 2. The summed E-state index contributed by atoms with van der Waals surface area (Å²) >= 11 is 7.56. The largest absolute Gasteiger partial charge is 0.360 e. The van der Waals surface area contributed by atoms with Gasteiger partial charge in [-0.25, -0.2) is 0 Å². The van der Waals surface area contributed by atoms with Crippen LogP contribution in [0.4, 0.5) is 10.8 Å². The third-order valence-corrected chi connectivity index (χ3v) is 7.49. The number of halogens is 1. The van der Waals surface area contributed by atoms with Gasteiger partial charge in [-0.05, 0) is 50.1 Å². The molecule has 2 aromatic heterocycles. The minimum absolute atomic E-state index is 0.0449. The molecule has 1 aliphatic rings. The highest BCUT2D eigenvalue weighted by atomic mass is 35.5. The van der Waals surface area contributed by atoms with E-state index in [0.29, 0.717) is 45.1 Å². The number of aromatic nitrogens is 3. The second-order valence-electron chi connectivity index (χ2n) is 8.52. The Bertz CT molecular complexity index is 1450. The number of aryl methyl sites for hydroxylation is 3. The third kappa shape index (κ3) is 4.44. The Kier molecular flexibility index (Phi) is 6.12. The molecule has 4 aromatic rings. The van der Waals surface area contributed by atoms with Crippen LogP contribution in [0.1, 0.15) is 44.6 Å². The summed E-state index contributed by atoms with van der Waals surface area (Å²) < 4.78 is 5.29. The molecule has 0 bridgehead atoms. The summed E-state index contributed by atoms with van der Waals surface area (Å²) in [6.07, 6.45) is 0.344. The molecule has 178 valence electrons. The topological polar surface area (TPSA) is 101 Å². The number of benzene rings is 2. The van der Waals surface area contributed by atoms with Gasteiger partial charge in [0.15, 0.2) is 0 Å². The fourth-order valence-corrected chi connectivity index (χ4v) is 5.16. The van der Waals surface area contributed by atoms with Gasteiger partial charge in [0.2, 0.25) is 11.0 Å². The van der Waals surface area contributed by atoms with Crippen LogP contribution in [0.2, 0.25) is 5.02 Å². The van der Waals surface area contributed by atoms with Gasteiger partial charge in [0.1, 0.15) is 22.0 Å². The maximum absolute atomic E-state index is 13.1. The summed E-state index contributed by atoms with van der Waals surface area (Å²) in [4.78, 5) is 27.6. The molecule has 1 fully saturated rings. The number of hydrogen-bond acceptors (Lipinski definition) is 7. The Morgan fingerprint density at radius 1 is 1.14 bits per heavy atom. The molecule has 1 atom stereocenters. The van der Waals surface area contributed by atoms with E-state index >= 15 is 0 Å². The van der Waals surface area contributed by atoms with Crippen molar-refractivity contribution in [2.24, 2.45) is 0 Å². The van der Waals surface area contributed by atoms with Crippen molar-refractivity contribution in [3.63, 3.8) is 0 Å². The van der Waals surface area contributed by atoms with E-state index < -0.39 is 5.91 Å². The Hall–Kier alpha value is -3.56. The Morgan fingerprint density at radius 3 is 2.71 bits per heavy atom. The van der Waals surface area contributed by atoms with Crippen LogP contribution in [0.3, 0.4) is 0 Å². The molecule has 35 heavy (non-hydrogen) atoms. The SMILES string of the molecule is Cc1ccc(N2CC(c3nnc(NC(=O)c4c(-c5ccccc5Cl)noc4C)s3)CC2=O)cc1C. The minimum Gasteiger partial charge on any atom is -0.360 e. The van der Waals surface area contributed by atoms with Gasteiger partial charge in [-0.1, -0.05) is 52.4 Å². The average Bonchev–Trinajstić information content (AvgIpc) is 3.54. The molecule has 1 N–H and O–H groups in total. The lowest BCUT2D eigenvalue weighted by atomic mass is 10.1. The molecular weight excluding hydrogens is 486 g/mol. The predicted molar refractivity (Wildman–Crippen MR) is 135 cm³/mol. The molecule has 5 rings (SSSR count). The number of nitrogens with one attached hydrogen (secondary N) is 1. The number of nitrogens with zero attached hydrogens (tertiary/aromatic N) is 4. The van der Waals surface area contributed by atoms with Crippen molar-refractivity contribution in [2.75, 3.05) is 16.8 Å². The van der Waals surface area contributed by atoms with E-state index in [2.05, 4.69) is 20.7 Å². The van der Waals surface area contributed by atoms with Crippen LogP contribution in [0.5, 0.6) is 0 Å². The van der Waals surface area contributed by atoms with Crippen LogP contribution >= 0.6 is 22.9 Å². The molecule has 0 radical (unpaired) electrons. The van der Waals surface area contributed by atoms with Crippen molar-refractivity contribution in [1.29, 1.82) is 0 Å². The van der Waals surface area contributed by atoms with E-state index in [1.807, 2.05) is 38.1 Å². The third-order valence-electron chi connectivity index (χ3n) is 6.16. The van der Waals surface area contributed by atoms with Crippen LogP contribution in [0, 0.1) is 20.8 Å². The van der Waals surface area contributed by atoms with Crippen molar-refractivity contribution >= 4 is 45.6 Å². The molecular formula is C25H22ClN5O3S. The van der Waals surface area contributed by atoms with Gasteiger partial charge in [-0.3, -0.25) is 14.9 Å². The molecule has 0 aliphatic carbocycles. The maximum atomic E-state index is 13.1. The van der Waals surface area contributed by atoms with E-state index in [4.69, 9.17) is 16.1 Å². The summed E-state index contributed by atoms with van der Waals surface area (Å²) in [6, 6.07) is 13.1. The van der Waals surface area contributed by atoms with E-state index in [1.54, 1.807) is 30.0 Å². The van der Waals surface area contributed by atoms with Crippen LogP contribution in [0.15, 0.2) is 47.0 Å². The van der Waals surface area contributed by atoms with Crippen LogP contribution in [-0.2, 0) is 4.79 Å². The van der Waals surface area contributed by atoms with Crippen LogP contribution in [-0.4, -0.2) is 33.7 Å². The number of anilines is 2. The summed E-state index contributed by atoms with van der Waals surface area (Å²) in [5, 5.41) is 16.7. The van der Waals surface area contributed by atoms with Gasteiger partial charge >= 0.3 is 0 Å². The quantitative estimate of drug-likeness (QED) is 0.380. The molecule has 1 unspecified atom stereocenters. The number of hydrogen-bond donors (Lipinski definition) is 1. The van der Waals surface area contributed by atoms with E-state index in [-0.39, 0.29) is 17.4 Å². The first kappa shape index (κ1) is 23.2. The zero-order chi connectivity index (χ0) is 24.7. The zero-order valence-electron chi connectivity index (χ0n) is 19.3. The van der Waals surface area contributed by atoms with E-state index in [1.165, 1.54) is 16.9 Å².